The maximum Gasteiger partial charge on any atom is 0.0161 e. The average molecular weight is 259 g/mol. The molecule has 0 radical (unpaired) electrons. The topological polar surface area (TPSA) is 12.0 Å². The summed E-state index contributed by atoms with van der Waals surface area (Å²) in [5.41, 5.74) is 1.50. The number of rotatable bonds is 5. The normalized spacial score (nSPS) is 26.9. The van der Waals surface area contributed by atoms with E-state index in [9.17, 15) is 0 Å². The molecule has 1 aromatic rings. The standard InChI is InChI=1S/C18H29N/c1-4-17(15-8-6-5-7-9-15)18(19-3)16-12-10-14(2)11-13-16/h5-9,14,16-19H,4,10-13H2,1-3H3. The molecule has 106 valence electrons. The molecule has 0 bridgehead atoms. The number of nitrogens with one attached hydrogen (secondary N) is 1. The van der Waals surface area contributed by atoms with Crippen molar-refractivity contribution in [1.29, 1.82) is 0 Å². The van der Waals surface area contributed by atoms with Crippen molar-refractivity contribution in [1.82, 2.24) is 5.32 Å². The Hall–Kier alpha value is -0.820. The van der Waals surface area contributed by atoms with Crippen LogP contribution in [-0.4, -0.2) is 13.1 Å². The minimum atomic E-state index is 0.639. The first kappa shape index (κ1) is 14.6. The molecule has 1 aliphatic carbocycles. The molecule has 1 saturated carbocycles. The molecule has 1 heteroatoms. The number of likely N-dealkylation sites (N-methyl/N-ethyl adjacent to an activating group) is 1. The van der Waals surface area contributed by atoms with E-state index in [0.717, 1.165) is 11.8 Å². The highest BCUT2D eigenvalue weighted by Crippen LogP contribution is 2.36. The van der Waals surface area contributed by atoms with Crippen LogP contribution in [0.2, 0.25) is 0 Å². The quantitative estimate of drug-likeness (QED) is 0.815. The molecule has 1 fully saturated rings. The van der Waals surface area contributed by atoms with Crippen LogP contribution < -0.4 is 5.32 Å². The van der Waals surface area contributed by atoms with Crippen molar-refractivity contribution in [2.75, 3.05) is 7.05 Å². The van der Waals surface area contributed by atoms with Crippen molar-refractivity contribution < 1.29 is 0 Å². The Morgan fingerprint density at radius 1 is 1.11 bits per heavy atom. The molecular formula is C18H29N. The molecule has 1 aliphatic rings. The molecule has 2 atom stereocenters. The van der Waals surface area contributed by atoms with Gasteiger partial charge in [0.2, 0.25) is 0 Å². The van der Waals surface area contributed by atoms with E-state index in [1.54, 1.807) is 0 Å². The Balaban J connectivity index is 2.10. The summed E-state index contributed by atoms with van der Waals surface area (Å²) in [5.74, 6) is 2.45. The van der Waals surface area contributed by atoms with Gasteiger partial charge < -0.3 is 5.32 Å². The van der Waals surface area contributed by atoms with Crippen molar-refractivity contribution in [3.8, 4) is 0 Å². The molecular weight excluding hydrogens is 230 g/mol. The van der Waals surface area contributed by atoms with E-state index in [0.29, 0.717) is 12.0 Å². The van der Waals surface area contributed by atoms with Crippen molar-refractivity contribution in [3.63, 3.8) is 0 Å². The predicted octanol–water partition coefficient (Wildman–Crippen LogP) is 4.59. The minimum absolute atomic E-state index is 0.639. The van der Waals surface area contributed by atoms with Crippen LogP contribution in [0.4, 0.5) is 0 Å². The van der Waals surface area contributed by atoms with E-state index in [-0.39, 0.29) is 0 Å². The second kappa shape index (κ2) is 7.09. The Labute approximate surface area is 118 Å². The second-order valence-electron chi connectivity index (χ2n) is 6.26. The molecule has 1 nitrogen and oxygen atoms in total. The Morgan fingerprint density at radius 3 is 2.26 bits per heavy atom. The van der Waals surface area contributed by atoms with Crippen LogP contribution in [0.3, 0.4) is 0 Å². The molecule has 0 aromatic heterocycles. The summed E-state index contributed by atoms with van der Waals surface area (Å²) in [6.07, 6.45) is 6.84. The van der Waals surface area contributed by atoms with Crippen LogP contribution in [0.5, 0.6) is 0 Å². The maximum atomic E-state index is 3.64. The van der Waals surface area contributed by atoms with Gasteiger partial charge in [-0.05, 0) is 49.6 Å². The highest BCUT2D eigenvalue weighted by atomic mass is 14.9. The van der Waals surface area contributed by atoms with Crippen LogP contribution in [0, 0.1) is 11.8 Å². The van der Waals surface area contributed by atoms with Crippen molar-refractivity contribution >= 4 is 0 Å². The van der Waals surface area contributed by atoms with Crippen LogP contribution >= 0.6 is 0 Å². The van der Waals surface area contributed by atoms with E-state index in [2.05, 4.69) is 56.5 Å². The van der Waals surface area contributed by atoms with Gasteiger partial charge in [-0.2, -0.15) is 0 Å². The van der Waals surface area contributed by atoms with E-state index in [1.165, 1.54) is 37.7 Å². The molecule has 2 unspecified atom stereocenters. The lowest BCUT2D eigenvalue weighted by atomic mass is 9.73. The Kier molecular flexibility index (Phi) is 5.45. The van der Waals surface area contributed by atoms with Crippen molar-refractivity contribution in [2.45, 2.75) is 57.9 Å². The summed E-state index contributed by atoms with van der Waals surface area (Å²) >= 11 is 0. The summed E-state index contributed by atoms with van der Waals surface area (Å²) in [6, 6.07) is 11.7. The summed E-state index contributed by atoms with van der Waals surface area (Å²) < 4.78 is 0. The molecule has 0 saturated heterocycles. The molecule has 1 aromatic carbocycles. The van der Waals surface area contributed by atoms with Gasteiger partial charge in [0, 0.05) is 6.04 Å². The highest BCUT2D eigenvalue weighted by Gasteiger charge is 2.30. The minimum Gasteiger partial charge on any atom is -0.316 e. The van der Waals surface area contributed by atoms with Crippen LogP contribution in [0.25, 0.3) is 0 Å². The monoisotopic (exact) mass is 259 g/mol. The van der Waals surface area contributed by atoms with Gasteiger partial charge in [0.1, 0.15) is 0 Å². The highest BCUT2D eigenvalue weighted by molar-refractivity contribution is 5.21. The molecule has 2 rings (SSSR count). The number of hydrogen-bond acceptors (Lipinski definition) is 1. The largest absolute Gasteiger partial charge is 0.316 e. The third-order valence-corrected chi connectivity index (χ3v) is 5.00. The maximum absolute atomic E-state index is 3.64. The van der Waals surface area contributed by atoms with Gasteiger partial charge in [-0.1, -0.05) is 57.0 Å². The smallest absolute Gasteiger partial charge is 0.0161 e. The SMILES string of the molecule is CCC(c1ccccc1)C(NC)C1CCC(C)CC1. The lowest BCUT2D eigenvalue weighted by Crippen LogP contribution is -2.40. The molecule has 0 spiro atoms. The first-order valence-corrected chi connectivity index (χ1v) is 7.98. The van der Waals surface area contributed by atoms with E-state index in [1.807, 2.05) is 0 Å². The van der Waals surface area contributed by atoms with Gasteiger partial charge in [0.05, 0.1) is 0 Å². The van der Waals surface area contributed by atoms with Gasteiger partial charge in [0.25, 0.3) is 0 Å². The summed E-state index contributed by atoms with van der Waals surface area (Å²) in [4.78, 5) is 0. The average Bonchev–Trinajstić information content (AvgIpc) is 2.47. The fourth-order valence-electron chi connectivity index (χ4n) is 3.81. The van der Waals surface area contributed by atoms with E-state index < -0.39 is 0 Å². The number of benzene rings is 1. The molecule has 0 aliphatic heterocycles. The predicted molar refractivity (Wildman–Crippen MR) is 83.4 cm³/mol. The second-order valence-corrected chi connectivity index (χ2v) is 6.26. The van der Waals surface area contributed by atoms with Crippen LogP contribution in [-0.2, 0) is 0 Å². The van der Waals surface area contributed by atoms with Crippen molar-refractivity contribution in [3.05, 3.63) is 35.9 Å². The Morgan fingerprint density at radius 2 is 1.74 bits per heavy atom. The van der Waals surface area contributed by atoms with Crippen LogP contribution in [0.1, 0.15) is 57.4 Å². The first-order chi connectivity index (χ1) is 9.26. The van der Waals surface area contributed by atoms with Gasteiger partial charge in [0.15, 0.2) is 0 Å². The zero-order valence-corrected chi connectivity index (χ0v) is 12.7. The third kappa shape index (κ3) is 3.60. The molecule has 0 heterocycles. The van der Waals surface area contributed by atoms with E-state index in [4.69, 9.17) is 0 Å². The zero-order chi connectivity index (χ0) is 13.7. The molecule has 19 heavy (non-hydrogen) atoms. The first-order valence-electron chi connectivity index (χ1n) is 7.98. The lowest BCUT2D eigenvalue weighted by molar-refractivity contribution is 0.213. The number of hydrogen-bond donors (Lipinski definition) is 1. The summed E-state index contributed by atoms with van der Waals surface area (Å²) in [5, 5.41) is 3.64. The summed E-state index contributed by atoms with van der Waals surface area (Å²) in [7, 11) is 2.15. The lowest BCUT2D eigenvalue weighted by Gasteiger charge is -2.37. The van der Waals surface area contributed by atoms with Crippen molar-refractivity contribution in [2.24, 2.45) is 11.8 Å². The fraction of sp³-hybridized carbons (Fsp3) is 0.667. The fourth-order valence-corrected chi connectivity index (χ4v) is 3.81. The van der Waals surface area contributed by atoms with Gasteiger partial charge in [-0.25, -0.2) is 0 Å². The Bertz CT molecular complexity index is 351. The summed E-state index contributed by atoms with van der Waals surface area (Å²) in [6.45, 7) is 4.73. The molecule has 0 amide bonds. The van der Waals surface area contributed by atoms with Gasteiger partial charge in [-0.3, -0.25) is 0 Å². The van der Waals surface area contributed by atoms with Gasteiger partial charge >= 0.3 is 0 Å². The molecule has 1 N–H and O–H groups in total. The zero-order valence-electron chi connectivity index (χ0n) is 12.7. The van der Waals surface area contributed by atoms with Gasteiger partial charge in [-0.15, -0.1) is 0 Å². The van der Waals surface area contributed by atoms with Crippen LogP contribution in [0.15, 0.2) is 30.3 Å². The van der Waals surface area contributed by atoms with E-state index >= 15 is 0 Å². The third-order valence-electron chi connectivity index (χ3n) is 5.00.